The van der Waals surface area contributed by atoms with Crippen molar-refractivity contribution in [2.75, 3.05) is 7.05 Å². The molecule has 0 unspecified atom stereocenters. The molecular weight excluding hydrogens is 266 g/mol. The molecule has 4 heteroatoms. The van der Waals surface area contributed by atoms with E-state index in [1.165, 1.54) is 6.08 Å². The Morgan fingerprint density at radius 2 is 1.90 bits per heavy atom. The number of carbonyl (C=O) groups is 2. The predicted molar refractivity (Wildman–Crippen MR) is 84.3 cm³/mol. The molecule has 1 aromatic rings. The summed E-state index contributed by atoms with van der Waals surface area (Å²) in [5.41, 5.74) is 2.27. The Labute approximate surface area is 126 Å². The van der Waals surface area contributed by atoms with Gasteiger partial charge >= 0.3 is 5.97 Å². The van der Waals surface area contributed by atoms with Gasteiger partial charge in [-0.15, -0.1) is 0 Å². The second-order valence-corrected chi connectivity index (χ2v) is 5.13. The number of benzene rings is 1. The maximum absolute atomic E-state index is 12.5. The lowest BCUT2D eigenvalue weighted by Crippen LogP contribution is -2.36. The molecule has 0 radical (unpaired) electrons. The van der Waals surface area contributed by atoms with Gasteiger partial charge in [0.05, 0.1) is 0 Å². The van der Waals surface area contributed by atoms with Gasteiger partial charge in [-0.2, -0.15) is 0 Å². The number of carboxylic acids is 1. The summed E-state index contributed by atoms with van der Waals surface area (Å²) < 4.78 is 0. The summed E-state index contributed by atoms with van der Waals surface area (Å²) in [5, 5.41) is 8.71. The molecule has 1 amide bonds. The summed E-state index contributed by atoms with van der Waals surface area (Å²) in [5.74, 6) is -1.03. The third-order valence-electron chi connectivity index (χ3n) is 3.74. The monoisotopic (exact) mass is 289 g/mol. The first kappa shape index (κ1) is 17.0. The lowest BCUT2D eigenvalue weighted by atomic mass is 10.0. The van der Waals surface area contributed by atoms with Crippen LogP contribution < -0.4 is 0 Å². The Hall–Kier alpha value is -2.10. The molecule has 0 heterocycles. The fourth-order valence-corrected chi connectivity index (χ4v) is 2.32. The maximum atomic E-state index is 12.5. The van der Waals surface area contributed by atoms with Gasteiger partial charge in [0.1, 0.15) is 0 Å². The zero-order valence-corrected chi connectivity index (χ0v) is 13.1. The average molecular weight is 289 g/mol. The number of nitrogens with zero attached hydrogens (tertiary/aromatic N) is 1. The van der Waals surface area contributed by atoms with Crippen molar-refractivity contribution < 1.29 is 14.7 Å². The number of amides is 1. The van der Waals surface area contributed by atoms with Gasteiger partial charge in [0, 0.05) is 24.7 Å². The molecule has 0 aliphatic heterocycles. The van der Waals surface area contributed by atoms with E-state index in [0.717, 1.165) is 30.0 Å². The fourth-order valence-electron chi connectivity index (χ4n) is 2.32. The van der Waals surface area contributed by atoms with E-state index >= 15 is 0 Å². The second-order valence-electron chi connectivity index (χ2n) is 5.13. The zero-order valence-electron chi connectivity index (χ0n) is 13.1. The van der Waals surface area contributed by atoms with Gasteiger partial charge in [-0.25, -0.2) is 4.79 Å². The van der Waals surface area contributed by atoms with Crippen molar-refractivity contribution in [1.82, 2.24) is 4.90 Å². The van der Waals surface area contributed by atoms with E-state index in [4.69, 9.17) is 5.11 Å². The summed E-state index contributed by atoms with van der Waals surface area (Å²) in [6.07, 6.45) is 4.43. The van der Waals surface area contributed by atoms with Crippen molar-refractivity contribution in [3.63, 3.8) is 0 Å². The van der Waals surface area contributed by atoms with Gasteiger partial charge in [0.2, 0.25) is 0 Å². The Balaban J connectivity index is 3.06. The molecule has 0 aliphatic carbocycles. The third-order valence-corrected chi connectivity index (χ3v) is 3.74. The fraction of sp³-hybridized carbons (Fsp3) is 0.412. The molecule has 0 spiro atoms. The summed E-state index contributed by atoms with van der Waals surface area (Å²) in [4.78, 5) is 24.9. The van der Waals surface area contributed by atoms with Gasteiger partial charge < -0.3 is 10.0 Å². The van der Waals surface area contributed by atoms with Crippen LogP contribution in [-0.2, 0) is 4.79 Å². The van der Waals surface area contributed by atoms with Crippen molar-refractivity contribution in [3.8, 4) is 0 Å². The lowest BCUT2D eigenvalue weighted by molar-refractivity contribution is -0.131. The van der Waals surface area contributed by atoms with Gasteiger partial charge in [-0.05, 0) is 49.1 Å². The van der Waals surface area contributed by atoms with Crippen LogP contribution in [0.25, 0.3) is 6.08 Å². The van der Waals surface area contributed by atoms with Crippen molar-refractivity contribution in [2.45, 2.75) is 39.7 Å². The summed E-state index contributed by atoms with van der Waals surface area (Å²) in [6.45, 7) is 6.02. The van der Waals surface area contributed by atoms with Crippen molar-refractivity contribution in [3.05, 3.63) is 41.0 Å². The van der Waals surface area contributed by atoms with Crippen LogP contribution >= 0.6 is 0 Å². The van der Waals surface area contributed by atoms with E-state index in [2.05, 4.69) is 13.8 Å². The smallest absolute Gasteiger partial charge is 0.328 e. The number of aliphatic carboxylic acids is 1. The predicted octanol–water partition coefficient (Wildman–Crippen LogP) is 3.35. The minimum Gasteiger partial charge on any atom is -0.478 e. The van der Waals surface area contributed by atoms with Gasteiger partial charge in [0.15, 0.2) is 0 Å². The molecule has 0 fully saturated rings. The number of hydrogen-bond donors (Lipinski definition) is 1. The van der Waals surface area contributed by atoms with Crippen LogP contribution in [0.3, 0.4) is 0 Å². The van der Waals surface area contributed by atoms with Crippen LogP contribution in [0.4, 0.5) is 0 Å². The van der Waals surface area contributed by atoms with Crippen LogP contribution in [-0.4, -0.2) is 35.0 Å². The minimum atomic E-state index is -1.000. The number of rotatable bonds is 6. The summed E-state index contributed by atoms with van der Waals surface area (Å²) in [7, 11) is 1.81. The normalized spacial score (nSPS) is 11.1. The molecule has 0 bridgehead atoms. The quantitative estimate of drug-likeness (QED) is 0.817. The van der Waals surface area contributed by atoms with Crippen LogP contribution in [0.5, 0.6) is 0 Å². The maximum Gasteiger partial charge on any atom is 0.328 e. The zero-order chi connectivity index (χ0) is 16.0. The molecule has 1 rings (SSSR count). The standard InChI is InChI=1S/C17H23NO3/c1-5-15(6-2)18(4)17(21)14-8-7-12(3)13(11-14)9-10-16(19)20/h7-11,15H,5-6H2,1-4H3,(H,19,20)/b10-9+. The van der Waals surface area contributed by atoms with Crippen LogP contribution in [0, 0.1) is 6.92 Å². The van der Waals surface area contributed by atoms with E-state index in [1.54, 1.807) is 17.0 Å². The van der Waals surface area contributed by atoms with Gasteiger partial charge in [0.25, 0.3) is 5.91 Å². The average Bonchev–Trinajstić information content (AvgIpc) is 2.46. The molecule has 4 nitrogen and oxygen atoms in total. The largest absolute Gasteiger partial charge is 0.478 e. The molecule has 114 valence electrons. The highest BCUT2D eigenvalue weighted by Gasteiger charge is 2.18. The minimum absolute atomic E-state index is 0.0336. The molecular formula is C17H23NO3. The van der Waals surface area contributed by atoms with Crippen molar-refractivity contribution in [2.24, 2.45) is 0 Å². The second kappa shape index (κ2) is 7.62. The molecule has 21 heavy (non-hydrogen) atoms. The highest BCUT2D eigenvalue weighted by molar-refractivity contribution is 5.95. The molecule has 0 saturated carbocycles. The number of hydrogen-bond acceptors (Lipinski definition) is 2. The summed E-state index contributed by atoms with van der Waals surface area (Å²) in [6, 6.07) is 5.59. The lowest BCUT2D eigenvalue weighted by Gasteiger charge is -2.26. The van der Waals surface area contributed by atoms with Crippen LogP contribution in [0.1, 0.15) is 48.2 Å². The Morgan fingerprint density at radius 1 is 1.29 bits per heavy atom. The van der Waals surface area contributed by atoms with E-state index in [-0.39, 0.29) is 11.9 Å². The molecule has 0 aliphatic rings. The highest BCUT2D eigenvalue weighted by atomic mass is 16.4. The highest BCUT2D eigenvalue weighted by Crippen LogP contribution is 2.17. The van der Waals surface area contributed by atoms with E-state index in [9.17, 15) is 9.59 Å². The van der Waals surface area contributed by atoms with Gasteiger partial charge in [-0.1, -0.05) is 19.9 Å². The Kier molecular flexibility index (Phi) is 6.15. The molecule has 1 aromatic carbocycles. The van der Waals surface area contributed by atoms with E-state index < -0.39 is 5.97 Å². The number of carbonyl (C=O) groups excluding carboxylic acids is 1. The first-order valence-corrected chi connectivity index (χ1v) is 7.19. The topological polar surface area (TPSA) is 57.6 Å². The van der Waals surface area contributed by atoms with Crippen LogP contribution in [0.15, 0.2) is 24.3 Å². The number of aryl methyl sites for hydroxylation is 1. The third kappa shape index (κ3) is 4.45. The molecule has 1 N–H and O–H groups in total. The SMILES string of the molecule is CCC(CC)N(C)C(=O)c1ccc(C)c(/C=C/C(=O)O)c1. The Morgan fingerprint density at radius 3 is 2.43 bits per heavy atom. The molecule has 0 atom stereocenters. The van der Waals surface area contributed by atoms with Crippen molar-refractivity contribution >= 4 is 18.0 Å². The number of carboxylic acid groups (broad SMARTS) is 1. The first-order valence-electron chi connectivity index (χ1n) is 7.19. The first-order chi connectivity index (χ1) is 9.90. The van der Waals surface area contributed by atoms with E-state index in [1.807, 2.05) is 20.0 Å². The van der Waals surface area contributed by atoms with Crippen molar-refractivity contribution in [1.29, 1.82) is 0 Å². The summed E-state index contributed by atoms with van der Waals surface area (Å²) >= 11 is 0. The molecule has 0 saturated heterocycles. The van der Waals surface area contributed by atoms with Crippen LogP contribution in [0.2, 0.25) is 0 Å². The Bertz CT molecular complexity index is 545. The molecule has 0 aromatic heterocycles. The van der Waals surface area contributed by atoms with Gasteiger partial charge in [-0.3, -0.25) is 4.79 Å². The van der Waals surface area contributed by atoms with E-state index in [0.29, 0.717) is 5.56 Å².